The van der Waals surface area contributed by atoms with Crippen LogP contribution >= 0.6 is 0 Å². The highest BCUT2D eigenvalue weighted by atomic mass is 16.5. The molecule has 0 aliphatic rings. The average molecular weight is 338 g/mol. The van der Waals surface area contributed by atoms with Crippen LogP contribution in [-0.4, -0.2) is 30.9 Å². The summed E-state index contributed by atoms with van der Waals surface area (Å²) in [6.45, 7) is 3.40. The largest absolute Gasteiger partial charge is 0.484 e. The number of rotatable bonds is 7. The minimum Gasteiger partial charge on any atom is -0.484 e. The Morgan fingerprint density at radius 2 is 1.60 bits per heavy atom. The molecule has 3 amide bonds. The van der Waals surface area contributed by atoms with Gasteiger partial charge >= 0.3 is 6.03 Å². The normalized spacial score (nSPS) is 9.76. The summed E-state index contributed by atoms with van der Waals surface area (Å²) in [7, 11) is 0. The van der Waals surface area contributed by atoms with Crippen molar-refractivity contribution in [2.45, 2.75) is 0 Å². The van der Waals surface area contributed by atoms with Crippen LogP contribution in [0.4, 0.5) is 4.79 Å². The first-order valence-electron chi connectivity index (χ1n) is 7.61. The van der Waals surface area contributed by atoms with Crippen molar-refractivity contribution in [2.75, 3.05) is 13.2 Å². The van der Waals surface area contributed by atoms with Crippen molar-refractivity contribution in [3.05, 3.63) is 78.4 Å². The van der Waals surface area contributed by atoms with Crippen LogP contribution in [0.5, 0.6) is 5.75 Å². The van der Waals surface area contributed by atoms with E-state index in [1.54, 1.807) is 48.5 Å². The van der Waals surface area contributed by atoms with Crippen molar-refractivity contribution in [1.29, 1.82) is 0 Å². The lowest BCUT2D eigenvalue weighted by Crippen LogP contribution is -2.41. The lowest BCUT2D eigenvalue weighted by molar-refractivity contribution is -0.122. The van der Waals surface area contributed by atoms with Crippen LogP contribution < -0.4 is 15.4 Å². The first kappa shape index (κ1) is 17.9. The Balaban J connectivity index is 1.86. The Bertz CT molecular complexity index is 755. The Morgan fingerprint density at radius 3 is 2.24 bits per heavy atom. The molecule has 2 N–H and O–H groups in total. The van der Waals surface area contributed by atoms with Gasteiger partial charge in [-0.1, -0.05) is 36.4 Å². The fourth-order valence-electron chi connectivity index (χ4n) is 1.98. The molecule has 128 valence electrons. The van der Waals surface area contributed by atoms with E-state index in [4.69, 9.17) is 4.74 Å². The molecule has 2 aromatic rings. The number of hydrogen-bond donors (Lipinski definition) is 2. The van der Waals surface area contributed by atoms with Gasteiger partial charge in [-0.3, -0.25) is 14.9 Å². The van der Waals surface area contributed by atoms with E-state index < -0.39 is 11.9 Å². The summed E-state index contributed by atoms with van der Waals surface area (Å²) < 4.78 is 5.29. The number of hydrogen-bond acceptors (Lipinski definition) is 4. The first-order valence-corrected chi connectivity index (χ1v) is 7.61. The summed E-state index contributed by atoms with van der Waals surface area (Å²) >= 11 is 0. The summed E-state index contributed by atoms with van der Waals surface area (Å²) in [6, 6.07) is 14.8. The van der Waals surface area contributed by atoms with Crippen molar-refractivity contribution in [3.63, 3.8) is 0 Å². The van der Waals surface area contributed by atoms with Gasteiger partial charge in [0.1, 0.15) is 5.75 Å². The van der Waals surface area contributed by atoms with Gasteiger partial charge in [0.05, 0.1) is 0 Å². The van der Waals surface area contributed by atoms with Crippen LogP contribution in [0.3, 0.4) is 0 Å². The van der Waals surface area contributed by atoms with Crippen molar-refractivity contribution < 1.29 is 19.1 Å². The second-order valence-electron chi connectivity index (χ2n) is 5.06. The molecule has 0 aromatic heterocycles. The van der Waals surface area contributed by atoms with Crippen LogP contribution in [-0.2, 0) is 4.79 Å². The number of carbonyl (C=O) groups is 3. The minimum absolute atomic E-state index is 0.0937. The summed E-state index contributed by atoms with van der Waals surface area (Å²) in [5.41, 5.74) is 1.12. The van der Waals surface area contributed by atoms with Gasteiger partial charge in [0, 0.05) is 17.7 Å². The zero-order valence-electron chi connectivity index (χ0n) is 13.5. The number of carbonyl (C=O) groups excluding carboxylic acids is 3. The lowest BCUT2D eigenvalue weighted by atomic mass is 10.0. The van der Waals surface area contributed by atoms with Gasteiger partial charge in [0.25, 0.3) is 5.91 Å². The number of ether oxygens (including phenoxy) is 1. The topological polar surface area (TPSA) is 84.5 Å². The third-order valence-electron chi connectivity index (χ3n) is 3.18. The molecule has 0 radical (unpaired) electrons. The maximum Gasteiger partial charge on any atom is 0.321 e. The third kappa shape index (κ3) is 5.62. The van der Waals surface area contributed by atoms with Crippen LogP contribution in [0.25, 0.3) is 0 Å². The van der Waals surface area contributed by atoms with Crippen LogP contribution in [0.1, 0.15) is 15.9 Å². The van der Waals surface area contributed by atoms with Crippen LogP contribution in [0.15, 0.2) is 67.3 Å². The molecule has 0 unspecified atom stereocenters. The Morgan fingerprint density at radius 1 is 0.960 bits per heavy atom. The molecule has 6 heteroatoms. The molecule has 6 nitrogen and oxygen atoms in total. The molecular formula is C19H18N2O4. The molecule has 0 fully saturated rings. The summed E-state index contributed by atoms with van der Waals surface area (Å²) in [5, 5.41) is 4.54. The number of urea groups is 1. The van der Waals surface area contributed by atoms with Gasteiger partial charge < -0.3 is 10.1 Å². The Hall–Kier alpha value is -3.41. The highest BCUT2D eigenvalue weighted by Gasteiger charge is 2.10. The Kier molecular flexibility index (Phi) is 6.47. The fraction of sp³-hybridized carbons (Fsp3) is 0.105. The van der Waals surface area contributed by atoms with E-state index in [-0.39, 0.29) is 18.9 Å². The van der Waals surface area contributed by atoms with Gasteiger partial charge in [0.2, 0.25) is 0 Å². The van der Waals surface area contributed by atoms with E-state index in [0.29, 0.717) is 16.9 Å². The smallest absolute Gasteiger partial charge is 0.321 e. The lowest BCUT2D eigenvalue weighted by Gasteiger charge is -2.08. The molecule has 0 spiro atoms. The standard InChI is InChI=1S/C19H18N2O4/c1-2-12-20-19(24)21-17(22)13-25-16-10-8-15(9-11-16)18(23)14-6-4-3-5-7-14/h2-11H,1,12-13H2,(H2,20,21,22,24). The monoisotopic (exact) mass is 338 g/mol. The van der Waals surface area contributed by atoms with Gasteiger partial charge in [-0.25, -0.2) is 4.79 Å². The molecule has 0 aliphatic carbocycles. The zero-order chi connectivity index (χ0) is 18.1. The van der Waals surface area contributed by atoms with E-state index in [2.05, 4.69) is 17.2 Å². The van der Waals surface area contributed by atoms with E-state index in [1.807, 2.05) is 6.07 Å². The molecule has 0 saturated heterocycles. The van der Waals surface area contributed by atoms with E-state index in [9.17, 15) is 14.4 Å². The van der Waals surface area contributed by atoms with Crippen molar-refractivity contribution >= 4 is 17.7 Å². The SMILES string of the molecule is C=CCNC(=O)NC(=O)COc1ccc(C(=O)c2ccccc2)cc1. The highest BCUT2D eigenvalue weighted by molar-refractivity contribution is 6.09. The summed E-state index contributed by atoms with van der Waals surface area (Å²) in [4.78, 5) is 35.1. The summed E-state index contributed by atoms with van der Waals surface area (Å²) in [6.07, 6.45) is 1.50. The minimum atomic E-state index is -0.614. The zero-order valence-corrected chi connectivity index (χ0v) is 13.5. The number of imide groups is 1. The molecule has 0 aliphatic heterocycles. The average Bonchev–Trinajstić information content (AvgIpc) is 2.65. The maximum absolute atomic E-state index is 12.3. The Labute approximate surface area is 145 Å². The molecular weight excluding hydrogens is 320 g/mol. The van der Waals surface area contributed by atoms with Gasteiger partial charge in [-0.05, 0) is 24.3 Å². The molecule has 0 atom stereocenters. The van der Waals surface area contributed by atoms with E-state index >= 15 is 0 Å². The molecule has 0 bridgehead atoms. The van der Waals surface area contributed by atoms with Crippen molar-refractivity contribution in [2.24, 2.45) is 0 Å². The molecule has 2 rings (SSSR count). The number of amides is 3. The molecule has 0 saturated carbocycles. The highest BCUT2D eigenvalue weighted by Crippen LogP contribution is 2.15. The molecule has 2 aromatic carbocycles. The number of benzene rings is 2. The maximum atomic E-state index is 12.3. The van der Waals surface area contributed by atoms with Crippen LogP contribution in [0.2, 0.25) is 0 Å². The van der Waals surface area contributed by atoms with E-state index in [0.717, 1.165) is 0 Å². The summed E-state index contributed by atoms with van der Waals surface area (Å²) in [5.74, 6) is -0.249. The third-order valence-corrected chi connectivity index (χ3v) is 3.18. The fourth-order valence-corrected chi connectivity index (χ4v) is 1.98. The van der Waals surface area contributed by atoms with Gasteiger partial charge in [-0.2, -0.15) is 0 Å². The predicted octanol–water partition coefficient (Wildman–Crippen LogP) is 2.31. The second kappa shape index (κ2) is 9.02. The van der Waals surface area contributed by atoms with Gasteiger partial charge in [-0.15, -0.1) is 6.58 Å². The predicted molar refractivity (Wildman–Crippen MR) is 93.5 cm³/mol. The van der Waals surface area contributed by atoms with Crippen molar-refractivity contribution in [1.82, 2.24) is 10.6 Å². The van der Waals surface area contributed by atoms with Crippen LogP contribution in [0, 0.1) is 0 Å². The molecule has 0 heterocycles. The quantitative estimate of drug-likeness (QED) is 0.599. The number of nitrogens with one attached hydrogen (secondary N) is 2. The first-order chi connectivity index (χ1) is 12.1. The van der Waals surface area contributed by atoms with Crippen molar-refractivity contribution in [3.8, 4) is 5.75 Å². The van der Waals surface area contributed by atoms with E-state index in [1.165, 1.54) is 6.08 Å². The van der Waals surface area contributed by atoms with Gasteiger partial charge in [0.15, 0.2) is 12.4 Å². The second-order valence-corrected chi connectivity index (χ2v) is 5.06. The number of ketones is 1. The molecule has 25 heavy (non-hydrogen) atoms.